The van der Waals surface area contributed by atoms with Gasteiger partial charge in [-0.2, -0.15) is 0 Å². The fraction of sp³-hybridized carbons (Fsp3) is 0.500. The van der Waals surface area contributed by atoms with Gasteiger partial charge in [0.15, 0.2) is 11.5 Å². The Hall–Kier alpha value is -1.22. The summed E-state index contributed by atoms with van der Waals surface area (Å²) in [4.78, 5) is 0. The standard InChI is InChI=1S/C12H16O3/c1-14-10-5-2-3-6-11(10)15-9-12(13)7-4-8-12/h2-3,5-6,13H,4,7-9H2,1H3. The largest absolute Gasteiger partial charge is 0.493 e. The normalized spacial score (nSPS) is 18.0. The first-order valence-corrected chi connectivity index (χ1v) is 5.22. The van der Waals surface area contributed by atoms with Gasteiger partial charge in [0.2, 0.25) is 0 Å². The number of ether oxygens (including phenoxy) is 2. The van der Waals surface area contributed by atoms with E-state index >= 15 is 0 Å². The molecule has 1 aliphatic carbocycles. The van der Waals surface area contributed by atoms with E-state index in [0.29, 0.717) is 18.1 Å². The van der Waals surface area contributed by atoms with Crippen molar-refractivity contribution in [1.82, 2.24) is 0 Å². The van der Waals surface area contributed by atoms with E-state index in [9.17, 15) is 5.11 Å². The van der Waals surface area contributed by atoms with Crippen LogP contribution in [-0.4, -0.2) is 24.4 Å². The van der Waals surface area contributed by atoms with Crippen molar-refractivity contribution >= 4 is 0 Å². The maximum Gasteiger partial charge on any atom is 0.161 e. The number of benzene rings is 1. The molecule has 0 bridgehead atoms. The fourth-order valence-electron chi connectivity index (χ4n) is 1.68. The molecule has 1 N–H and O–H groups in total. The Morgan fingerprint density at radius 3 is 2.47 bits per heavy atom. The van der Waals surface area contributed by atoms with Crippen LogP contribution in [0.5, 0.6) is 11.5 Å². The third-order valence-corrected chi connectivity index (χ3v) is 2.85. The SMILES string of the molecule is COc1ccccc1OCC1(O)CCC1. The molecule has 0 amide bonds. The van der Waals surface area contributed by atoms with E-state index in [1.54, 1.807) is 7.11 Å². The van der Waals surface area contributed by atoms with Crippen molar-refractivity contribution in [2.45, 2.75) is 24.9 Å². The second-order valence-electron chi connectivity index (χ2n) is 4.02. The Morgan fingerprint density at radius 2 is 1.93 bits per heavy atom. The molecule has 3 heteroatoms. The fourth-order valence-corrected chi connectivity index (χ4v) is 1.68. The molecule has 1 aliphatic rings. The van der Waals surface area contributed by atoms with Crippen molar-refractivity contribution in [3.63, 3.8) is 0 Å². The van der Waals surface area contributed by atoms with Gasteiger partial charge in [-0.1, -0.05) is 12.1 Å². The molecule has 1 saturated carbocycles. The zero-order chi connectivity index (χ0) is 10.7. The van der Waals surface area contributed by atoms with Gasteiger partial charge in [-0.15, -0.1) is 0 Å². The number of hydrogen-bond donors (Lipinski definition) is 1. The van der Waals surface area contributed by atoms with Crippen LogP contribution in [0.2, 0.25) is 0 Å². The smallest absolute Gasteiger partial charge is 0.161 e. The molecule has 0 heterocycles. The molecule has 1 aromatic carbocycles. The molecule has 0 saturated heterocycles. The van der Waals surface area contributed by atoms with E-state index < -0.39 is 5.60 Å². The van der Waals surface area contributed by atoms with Crippen molar-refractivity contribution in [3.8, 4) is 11.5 Å². The van der Waals surface area contributed by atoms with Gasteiger partial charge in [0.25, 0.3) is 0 Å². The summed E-state index contributed by atoms with van der Waals surface area (Å²) >= 11 is 0. The Balaban J connectivity index is 1.98. The maximum absolute atomic E-state index is 9.87. The molecule has 1 fully saturated rings. The van der Waals surface area contributed by atoms with Gasteiger partial charge < -0.3 is 14.6 Å². The minimum absolute atomic E-state index is 0.355. The van der Waals surface area contributed by atoms with E-state index in [4.69, 9.17) is 9.47 Å². The predicted octanol–water partition coefficient (Wildman–Crippen LogP) is 1.99. The highest BCUT2D eigenvalue weighted by Gasteiger charge is 2.35. The van der Waals surface area contributed by atoms with E-state index in [1.807, 2.05) is 24.3 Å². The molecular weight excluding hydrogens is 192 g/mol. The molecular formula is C12H16O3. The summed E-state index contributed by atoms with van der Waals surface area (Å²) in [5.41, 5.74) is -0.610. The minimum Gasteiger partial charge on any atom is -0.493 e. The second kappa shape index (κ2) is 4.11. The van der Waals surface area contributed by atoms with Gasteiger partial charge in [0.1, 0.15) is 6.61 Å². The topological polar surface area (TPSA) is 38.7 Å². The molecule has 15 heavy (non-hydrogen) atoms. The third-order valence-electron chi connectivity index (χ3n) is 2.85. The summed E-state index contributed by atoms with van der Waals surface area (Å²) in [6.07, 6.45) is 2.76. The van der Waals surface area contributed by atoms with Crippen molar-refractivity contribution < 1.29 is 14.6 Å². The lowest BCUT2D eigenvalue weighted by Crippen LogP contribution is -2.42. The number of aliphatic hydroxyl groups is 1. The van der Waals surface area contributed by atoms with E-state index in [1.165, 1.54) is 0 Å². The summed E-state index contributed by atoms with van der Waals surface area (Å²) in [5, 5.41) is 9.87. The molecule has 2 rings (SSSR count). The Labute approximate surface area is 89.6 Å². The van der Waals surface area contributed by atoms with Gasteiger partial charge in [-0.3, -0.25) is 0 Å². The zero-order valence-corrected chi connectivity index (χ0v) is 8.90. The van der Waals surface area contributed by atoms with Crippen LogP contribution < -0.4 is 9.47 Å². The summed E-state index contributed by atoms with van der Waals surface area (Å²) in [5.74, 6) is 1.40. The number of para-hydroxylation sites is 2. The maximum atomic E-state index is 9.87. The molecule has 0 aromatic heterocycles. The molecule has 0 unspecified atom stereocenters. The van der Waals surface area contributed by atoms with Crippen molar-refractivity contribution in [2.75, 3.05) is 13.7 Å². The number of rotatable bonds is 4. The monoisotopic (exact) mass is 208 g/mol. The van der Waals surface area contributed by atoms with Crippen LogP contribution in [0.4, 0.5) is 0 Å². The van der Waals surface area contributed by atoms with Crippen molar-refractivity contribution in [2.24, 2.45) is 0 Å². The quantitative estimate of drug-likeness (QED) is 0.822. The second-order valence-corrected chi connectivity index (χ2v) is 4.02. The van der Waals surface area contributed by atoms with E-state index in [0.717, 1.165) is 19.3 Å². The predicted molar refractivity (Wildman–Crippen MR) is 57.3 cm³/mol. The summed E-state index contributed by atoms with van der Waals surface area (Å²) < 4.78 is 10.7. The molecule has 3 nitrogen and oxygen atoms in total. The average molecular weight is 208 g/mol. The molecule has 0 atom stereocenters. The Kier molecular flexibility index (Phi) is 2.82. The summed E-state index contributed by atoms with van der Waals surface area (Å²) in [6, 6.07) is 7.48. The first kappa shape index (κ1) is 10.3. The van der Waals surface area contributed by atoms with E-state index in [-0.39, 0.29) is 0 Å². The molecule has 82 valence electrons. The van der Waals surface area contributed by atoms with Gasteiger partial charge in [-0.05, 0) is 31.4 Å². The molecule has 0 spiro atoms. The summed E-state index contributed by atoms with van der Waals surface area (Å²) in [6.45, 7) is 0.355. The van der Waals surface area contributed by atoms with Gasteiger partial charge in [0.05, 0.1) is 12.7 Å². The van der Waals surface area contributed by atoms with Gasteiger partial charge >= 0.3 is 0 Å². The highest BCUT2D eigenvalue weighted by atomic mass is 16.5. The Bertz CT molecular complexity index is 331. The van der Waals surface area contributed by atoms with Crippen LogP contribution in [0, 0.1) is 0 Å². The van der Waals surface area contributed by atoms with Crippen LogP contribution in [0.1, 0.15) is 19.3 Å². The lowest BCUT2D eigenvalue weighted by atomic mass is 9.81. The van der Waals surface area contributed by atoms with Crippen LogP contribution in [0.3, 0.4) is 0 Å². The first-order valence-electron chi connectivity index (χ1n) is 5.22. The zero-order valence-electron chi connectivity index (χ0n) is 8.90. The van der Waals surface area contributed by atoms with Crippen LogP contribution in [0.15, 0.2) is 24.3 Å². The van der Waals surface area contributed by atoms with Crippen LogP contribution >= 0.6 is 0 Å². The minimum atomic E-state index is -0.610. The Morgan fingerprint density at radius 1 is 1.27 bits per heavy atom. The highest BCUT2D eigenvalue weighted by molar-refractivity contribution is 5.39. The van der Waals surface area contributed by atoms with Gasteiger partial charge in [0, 0.05) is 0 Å². The summed E-state index contributed by atoms with van der Waals surface area (Å²) in [7, 11) is 1.61. The molecule has 1 aromatic rings. The van der Waals surface area contributed by atoms with Crippen LogP contribution in [-0.2, 0) is 0 Å². The lowest BCUT2D eigenvalue weighted by Gasteiger charge is -2.36. The number of methoxy groups -OCH3 is 1. The van der Waals surface area contributed by atoms with Crippen molar-refractivity contribution in [3.05, 3.63) is 24.3 Å². The number of hydrogen-bond acceptors (Lipinski definition) is 3. The molecule has 0 aliphatic heterocycles. The molecule has 0 radical (unpaired) electrons. The third kappa shape index (κ3) is 2.23. The first-order chi connectivity index (χ1) is 7.23. The lowest BCUT2D eigenvalue weighted by molar-refractivity contribution is -0.0667. The van der Waals surface area contributed by atoms with Crippen LogP contribution in [0.25, 0.3) is 0 Å². The highest BCUT2D eigenvalue weighted by Crippen LogP contribution is 2.33. The van der Waals surface area contributed by atoms with E-state index in [2.05, 4.69) is 0 Å². The average Bonchev–Trinajstić information content (AvgIpc) is 2.24. The van der Waals surface area contributed by atoms with Crippen molar-refractivity contribution in [1.29, 1.82) is 0 Å². The van der Waals surface area contributed by atoms with Gasteiger partial charge in [-0.25, -0.2) is 0 Å².